The fraction of sp³-hybridized carbons (Fsp3) is 0.524. The van der Waals surface area contributed by atoms with E-state index in [9.17, 15) is 0 Å². The van der Waals surface area contributed by atoms with Gasteiger partial charge >= 0.3 is 0 Å². The zero-order valence-electron chi connectivity index (χ0n) is 15.5. The predicted molar refractivity (Wildman–Crippen MR) is 99.9 cm³/mol. The molecule has 0 aliphatic heterocycles. The Kier molecular flexibility index (Phi) is 15.8. The van der Waals surface area contributed by atoms with Crippen LogP contribution in [0.4, 0.5) is 0 Å². The molecule has 0 bridgehead atoms. The van der Waals surface area contributed by atoms with Crippen molar-refractivity contribution in [3.63, 3.8) is 0 Å². The SMILES string of the molecule is CC.CC.CC(C)C1=CCC=C1.CC(C)c1ccccc1. The Labute approximate surface area is 134 Å². The zero-order chi connectivity index (χ0) is 16.7. The lowest BCUT2D eigenvalue weighted by Crippen LogP contribution is -1.85. The van der Waals surface area contributed by atoms with Crippen molar-refractivity contribution in [3.8, 4) is 0 Å². The van der Waals surface area contributed by atoms with Gasteiger partial charge in [0.15, 0.2) is 0 Å². The van der Waals surface area contributed by atoms with Crippen molar-refractivity contribution in [2.24, 2.45) is 5.92 Å². The number of hydrogen-bond donors (Lipinski definition) is 0. The van der Waals surface area contributed by atoms with Crippen LogP contribution in [0.25, 0.3) is 0 Å². The maximum absolute atomic E-state index is 2.28. The van der Waals surface area contributed by atoms with Gasteiger partial charge in [0.05, 0.1) is 0 Å². The lowest BCUT2D eigenvalue weighted by atomic mass is 10.0. The largest absolute Gasteiger partial charge is 0.0805 e. The van der Waals surface area contributed by atoms with Crippen LogP contribution in [0.5, 0.6) is 0 Å². The highest BCUT2D eigenvalue weighted by atomic mass is 14.1. The van der Waals surface area contributed by atoms with Gasteiger partial charge in [-0.2, -0.15) is 0 Å². The van der Waals surface area contributed by atoms with Crippen molar-refractivity contribution in [3.05, 3.63) is 59.7 Å². The Morgan fingerprint density at radius 2 is 1.29 bits per heavy atom. The summed E-state index contributed by atoms with van der Waals surface area (Å²) in [6.45, 7) is 16.9. The Hall–Kier alpha value is -1.30. The van der Waals surface area contributed by atoms with Crippen LogP contribution in [-0.4, -0.2) is 0 Å². The van der Waals surface area contributed by atoms with E-state index in [1.165, 1.54) is 11.1 Å². The third-order valence-corrected chi connectivity index (χ3v) is 2.93. The highest BCUT2D eigenvalue weighted by Gasteiger charge is 2.00. The van der Waals surface area contributed by atoms with E-state index in [0.29, 0.717) is 11.8 Å². The quantitative estimate of drug-likeness (QED) is 0.532. The van der Waals surface area contributed by atoms with Crippen molar-refractivity contribution in [2.45, 2.75) is 67.7 Å². The second-order valence-electron chi connectivity index (χ2n) is 5.06. The van der Waals surface area contributed by atoms with Crippen LogP contribution in [0, 0.1) is 5.92 Å². The highest BCUT2D eigenvalue weighted by molar-refractivity contribution is 5.27. The normalized spacial score (nSPS) is 11.6. The molecule has 0 N–H and O–H groups in total. The molecule has 0 radical (unpaired) electrons. The van der Waals surface area contributed by atoms with Crippen LogP contribution >= 0.6 is 0 Å². The number of allylic oxidation sites excluding steroid dienone is 4. The molecule has 0 heterocycles. The van der Waals surface area contributed by atoms with Crippen molar-refractivity contribution >= 4 is 0 Å². The first-order valence-corrected chi connectivity index (χ1v) is 8.52. The first kappa shape index (κ1) is 22.0. The van der Waals surface area contributed by atoms with Gasteiger partial charge in [-0.3, -0.25) is 0 Å². The molecule has 0 atom stereocenters. The lowest BCUT2D eigenvalue weighted by Gasteiger charge is -2.01. The topological polar surface area (TPSA) is 0 Å². The second-order valence-corrected chi connectivity index (χ2v) is 5.06. The van der Waals surface area contributed by atoms with Crippen molar-refractivity contribution < 1.29 is 0 Å². The third kappa shape index (κ3) is 11.1. The van der Waals surface area contributed by atoms with Crippen molar-refractivity contribution in [1.29, 1.82) is 0 Å². The molecule has 0 fully saturated rings. The Balaban J connectivity index is 0. The van der Waals surface area contributed by atoms with Crippen LogP contribution < -0.4 is 0 Å². The molecule has 1 aliphatic rings. The monoisotopic (exact) mass is 288 g/mol. The van der Waals surface area contributed by atoms with Crippen LogP contribution in [0.1, 0.15) is 73.3 Å². The van der Waals surface area contributed by atoms with Gasteiger partial charge in [-0.1, -0.05) is 104 Å². The minimum absolute atomic E-state index is 0.659. The first-order chi connectivity index (χ1) is 10.1. The molecule has 1 aliphatic carbocycles. The summed E-state index contributed by atoms with van der Waals surface area (Å²) in [7, 11) is 0. The van der Waals surface area contributed by atoms with Crippen LogP contribution in [-0.2, 0) is 0 Å². The van der Waals surface area contributed by atoms with Gasteiger partial charge in [0.2, 0.25) is 0 Å². The molecule has 0 unspecified atom stereocenters. The van der Waals surface area contributed by atoms with E-state index in [1.54, 1.807) is 0 Å². The van der Waals surface area contributed by atoms with E-state index < -0.39 is 0 Å². The molecule has 2 rings (SSSR count). The molecule has 0 heteroatoms. The van der Waals surface area contributed by atoms with Gasteiger partial charge in [-0.15, -0.1) is 0 Å². The summed E-state index contributed by atoms with van der Waals surface area (Å²) in [4.78, 5) is 0. The molecule has 1 aromatic rings. The van der Waals surface area contributed by atoms with Gasteiger partial charge in [0.25, 0.3) is 0 Å². The molecule has 0 saturated heterocycles. The van der Waals surface area contributed by atoms with E-state index in [2.05, 4.69) is 70.2 Å². The van der Waals surface area contributed by atoms with E-state index in [0.717, 1.165) is 6.42 Å². The molecule has 0 spiro atoms. The summed E-state index contributed by atoms with van der Waals surface area (Å²) < 4.78 is 0. The minimum atomic E-state index is 0.659. The molecule has 0 aromatic heterocycles. The summed E-state index contributed by atoms with van der Waals surface area (Å²) in [6.07, 6.45) is 7.85. The Morgan fingerprint density at radius 1 is 0.762 bits per heavy atom. The van der Waals surface area contributed by atoms with Crippen LogP contribution in [0.15, 0.2) is 54.1 Å². The smallest absolute Gasteiger partial charge is 0.0160 e. The standard InChI is InChI=1S/C9H12.C8H12.2C2H6/c1-8(2)9-6-4-3-5-7-9;1-7(2)8-5-3-4-6-8;2*1-2/h3-8H,1-2H3;3,5-7H,4H2,1-2H3;2*1-2H3. The van der Waals surface area contributed by atoms with E-state index in [-0.39, 0.29) is 0 Å². The Bertz CT molecular complexity index is 366. The molecule has 1 aromatic carbocycles. The fourth-order valence-electron chi connectivity index (χ4n) is 1.74. The molecule has 120 valence electrons. The second kappa shape index (κ2) is 15.1. The van der Waals surface area contributed by atoms with Gasteiger partial charge < -0.3 is 0 Å². The summed E-state index contributed by atoms with van der Waals surface area (Å²) >= 11 is 0. The average molecular weight is 289 g/mol. The molecule has 0 amide bonds. The summed E-state index contributed by atoms with van der Waals surface area (Å²) in [5.74, 6) is 1.37. The summed E-state index contributed by atoms with van der Waals surface area (Å²) in [6, 6.07) is 10.5. The van der Waals surface area contributed by atoms with E-state index in [4.69, 9.17) is 0 Å². The van der Waals surface area contributed by atoms with Crippen LogP contribution in [0.3, 0.4) is 0 Å². The number of benzene rings is 1. The molecular weight excluding hydrogens is 252 g/mol. The highest BCUT2D eigenvalue weighted by Crippen LogP contribution is 2.16. The van der Waals surface area contributed by atoms with Crippen LogP contribution in [0.2, 0.25) is 0 Å². The Morgan fingerprint density at radius 3 is 1.52 bits per heavy atom. The average Bonchev–Trinajstić information content (AvgIpc) is 3.07. The van der Waals surface area contributed by atoms with Gasteiger partial charge in [0.1, 0.15) is 0 Å². The van der Waals surface area contributed by atoms with Crippen molar-refractivity contribution in [1.82, 2.24) is 0 Å². The fourth-order valence-corrected chi connectivity index (χ4v) is 1.74. The minimum Gasteiger partial charge on any atom is -0.0805 e. The maximum Gasteiger partial charge on any atom is -0.0160 e. The summed E-state index contributed by atoms with van der Waals surface area (Å²) in [5.41, 5.74) is 2.91. The molecule has 21 heavy (non-hydrogen) atoms. The number of hydrogen-bond acceptors (Lipinski definition) is 0. The lowest BCUT2D eigenvalue weighted by molar-refractivity contribution is 0.793. The van der Waals surface area contributed by atoms with Gasteiger partial charge in [-0.05, 0) is 29.4 Å². The molecular formula is C21H36. The zero-order valence-corrected chi connectivity index (χ0v) is 15.5. The molecule has 0 saturated carbocycles. The van der Waals surface area contributed by atoms with E-state index in [1.807, 2.05) is 33.8 Å². The summed E-state index contributed by atoms with van der Waals surface area (Å²) in [5, 5.41) is 0. The van der Waals surface area contributed by atoms with Gasteiger partial charge in [-0.25, -0.2) is 0 Å². The van der Waals surface area contributed by atoms with Crippen molar-refractivity contribution in [2.75, 3.05) is 0 Å². The first-order valence-electron chi connectivity index (χ1n) is 8.52. The predicted octanol–water partition coefficient (Wildman–Crippen LogP) is 7.39. The molecule has 0 nitrogen and oxygen atoms in total. The maximum atomic E-state index is 2.28. The number of rotatable bonds is 2. The third-order valence-electron chi connectivity index (χ3n) is 2.93. The van der Waals surface area contributed by atoms with Gasteiger partial charge in [0, 0.05) is 0 Å². The van der Waals surface area contributed by atoms with E-state index >= 15 is 0 Å².